The second-order valence-corrected chi connectivity index (χ2v) is 3.00. The number of aliphatic hydroxyl groups excluding tert-OH is 2. The monoisotopic (exact) mass is 204 g/mol. The molecule has 0 spiro atoms. The van der Waals surface area contributed by atoms with Crippen molar-refractivity contribution in [3.63, 3.8) is 0 Å². The van der Waals surface area contributed by atoms with Gasteiger partial charge in [0, 0.05) is 13.0 Å². The van der Waals surface area contributed by atoms with Crippen molar-refractivity contribution in [1.29, 1.82) is 0 Å². The van der Waals surface area contributed by atoms with Crippen molar-refractivity contribution in [1.82, 2.24) is 0 Å². The molecule has 0 saturated carbocycles. The molecule has 1 unspecified atom stereocenters. The van der Waals surface area contributed by atoms with E-state index in [9.17, 15) is 9.59 Å². The second-order valence-electron chi connectivity index (χ2n) is 3.00. The molecule has 0 aromatic heterocycles. The van der Waals surface area contributed by atoms with Crippen molar-refractivity contribution in [2.75, 3.05) is 6.61 Å². The minimum absolute atomic E-state index is 0.0989. The van der Waals surface area contributed by atoms with Crippen molar-refractivity contribution in [3.05, 3.63) is 0 Å². The zero-order valence-electron chi connectivity index (χ0n) is 8.23. The van der Waals surface area contributed by atoms with E-state index < -0.39 is 18.0 Å². The van der Waals surface area contributed by atoms with Gasteiger partial charge in [0.1, 0.15) is 6.10 Å². The number of rotatable bonds is 6. The third kappa shape index (κ3) is 6.56. The fourth-order valence-electron chi connectivity index (χ4n) is 0.806. The van der Waals surface area contributed by atoms with Gasteiger partial charge in [-0.25, -0.2) is 4.79 Å². The van der Waals surface area contributed by atoms with Gasteiger partial charge in [-0.2, -0.15) is 0 Å². The van der Waals surface area contributed by atoms with Gasteiger partial charge in [-0.05, 0) is 19.8 Å². The standard InChI is InChI=1S/C9H16O5/c1-7(11)9(13)14-8(12)5-3-2-4-6-10/h7,10-11H,2-6H2,1H3. The van der Waals surface area contributed by atoms with Crippen molar-refractivity contribution in [3.8, 4) is 0 Å². The minimum atomic E-state index is -1.27. The van der Waals surface area contributed by atoms with E-state index >= 15 is 0 Å². The summed E-state index contributed by atoms with van der Waals surface area (Å²) in [6.07, 6.45) is 0.799. The quantitative estimate of drug-likeness (QED) is 0.361. The molecule has 5 nitrogen and oxygen atoms in total. The predicted molar refractivity (Wildman–Crippen MR) is 48.3 cm³/mol. The van der Waals surface area contributed by atoms with Crippen LogP contribution in [-0.2, 0) is 14.3 Å². The molecule has 5 heteroatoms. The topological polar surface area (TPSA) is 83.8 Å². The molecular weight excluding hydrogens is 188 g/mol. The molecule has 0 aromatic rings. The van der Waals surface area contributed by atoms with Gasteiger partial charge in [-0.15, -0.1) is 0 Å². The van der Waals surface area contributed by atoms with E-state index in [-0.39, 0.29) is 13.0 Å². The van der Waals surface area contributed by atoms with Crippen LogP contribution in [0.4, 0.5) is 0 Å². The number of hydrogen-bond acceptors (Lipinski definition) is 5. The van der Waals surface area contributed by atoms with Crippen LogP contribution < -0.4 is 0 Å². The summed E-state index contributed by atoms with van der Waals surface area (Å²) < 4.78 is 4.30. The molecule has 0 aliphatic heterocycles. The molecule has 0 bridgehead atoms. The maximum Gasteiger partial charge on any atom is 0.342 e. The first kappa shape index (κ1) is 13.1. The van der Waals surface area contributed by atoms with E-state index in [0.29, 0.717) is 19.3 Å². The lowest BCUT2D eigenvalue weighted by atomic mass is 10.2. The second kappa shape index (κ2) is 7.46. The van der Waals surface area contributed by atoms with Crippen LogP contribution in [0.5, 0.6) is 0 Å². The van der Waals surface area contributed by atoms with E-state index in [1.165, 1.54) is 6.92 Å². The zero-order chi connectivity index (χ0) is 11.0. The largest absolute Gasteiger partial charge is 0.396 e. The maximum atomic E-state index is 10.9. The number of carbonyl (C=O) groups is 2. The highest BCUT2D eigenvalue weighted by atomic mass is 16.6. The van der Waals surface area contributed by atoms with E-state index in [1.54, 1.807) is 0 Å². The summed E-state index contributed by atoms with van der Waals surface area (Å²) in [6, 6.07) is 0. The molecule has 14 heavy (non-hydrogen) atoms. The van der Waals surface area contributed by atoms with Gasteiger partial charge in [-0.1, -0.05) is 6.42 Å². The average molecular weight is 204 g/mol. The van der Waals surface area contributed by atoms with Crippen LogP contribution in [0.2, 0.25) is 0 Å². The van der Waals surface area contributed by atoms with Crippen molar-refractivity contribution in [2.45, 2.75) is 38.7 Å². The van der Waals surface area contributed by atoms with Gasteiger partial charge in [-0.3, -0.25) is 4.79 Å². The normalized spacial score (nSPS) is 12.2. The Morgan fingerprint density at radius 3 is 2.43 bits per heavy atom. The van der Waals surface area contributed by atoms with Crippen LogP contribution in [0.3, 0.4) is 0 Å². The molecular formula is C9H16O5. The van der Waals surface area contributed by atoms with Gasteiger partial charge in [0.25, 0.3) is 0 Å². The molecule has 0 heterocycles. The Balaban J connectivity index is 3.51. The highest BCUT2D eigenvalue weighted by Crippen LogP contribution is 2.01. The molecule has 0 saturated heterocycles. The molecule has 0 amide bonds. The third-order valence-corrected chi connectivity index (χ3v) is 1.59. The average Bonchev–Trinajstić information content (AvgIpc) is 2.12. The number of ether oxygens (including phenoxy) is 1. The van der Waals surface area contributed by atoms with Gasteiger partial charge in [0.2, 0.25) is 0 Å². The summed E-state index contributed by atoms with van der Waals surface area (Å²) in [6.45, 7) is 1.34. The Labute approximate surface area is 82.7 Å². The molecule has 1 atom stereocenters. The van der Waals surface area contributed by atoms with Gasteiger partial charge in [0.05, 0.1) is 0 Å². The molecule has 0 rings (SSSR count). The van der Waals surface area contributed by atoms with Crippen LogP contribution in [-0.4, -0.2) is 34.9 Å². The number of aliphatic hydroxyl groups is 2. The van der Waals surface area contributed by atoms with Crippen LogP contribution in [0.25, 0.3) is 0 Å². The van der Waals surface area contributed by atoms with Gasteiger partial charge >= 0.3 is 11.9 Å². The zero-order valence-corrected chi connectivity index (χ0v) is 8.23. The number of unbranched alkanes of at least 4 members (excludes halogenated alkanes) is 2. The summed E-state index contributed by atoms with van der Waals surface area (Å²) in [5, 5.41) is 17.2. The smallest absolute Gasteiger partial charge is 0.342 e. The predicted octanol–water partition coefficient (Wildman–Crippen LogP) is -0.0103. The summed E-state index contributed by atoms with van der Waals surface area (Å²) >= 11 is 0. The van der Waals surface area contributed by atoms with Crippen molar-refractivity contribution < 1.29 is 24.5 Å². The first-order valence-corrected chi connectivity index (χ1v) is 4.61. The lowest BCUT2D eigenvalue weighted by molar-refractivity contribution is -0.165. The van der Waals surface area contributed by atoms with E-state index in [2.05, 4.69) is 4.74 Å². The van der Waals surface area contributed by atoms with Gasteiger partial charge < -0.3 is 14.9 Å². The minimum Gasteiger partial charge on any atom is -0.396 e. The summed E-state index contributed by atoms with van der Waals surface area (Å²) in [4.78, 5) is 21.6. The molecule has 0 fully saturated rings. The maximum absolute atomic E-state index is 10.9. The van der Waals surface area contributed by atoms with E-state index in [1.807, 2.05) is 0 Å². The lowest BCUT2D eigenvalue weighted by Crippen LogP contribution is -2.22. The molecule has 0 aliphatic rings. The molecule has 82 valence electrons. The summed E-state index contributed by atoms with van der Waals surface area (Å²) in [7, 11) is 0. The molecule has 2 N–H and O–H groups in total. The summed E-state index contributed by atoms with van der Waals surface area (Å²) in [5.41, 5.74) is 0. The third-order valence-electron chi connectivity index (χ3n) is 1.59. The van der Waals surface area contributed by atoms with Crippen molar-refractivity contribution >= 4 is 11.9 Å². The highest BCUT2D eigenvalue weighted by molar-refractivity contribution is 5.87. The van der Waals surface area contributed by atoms with Gasteiger partial charge in [0.15, 0.2) is 0 Å². The number of hydrogen-bond donors (Lipinski definition) is 2. The van der Waals surface area contributed by atoms with E-state index in [4.69, 9.17) is 10.2 Å². The van der Waals surface area contributed by atoms with Crippen LogP contribution >= 0.6 is 0 Å². The molecule has 0 aliphatic carbocycles. The number of esters is 2. The Morgan fingerprint density at radius 2 is 1.93 bits per heavy atom. The fraction of sp³-hybridized carbons (Fsp3) is 0.778. The fourth-order valence-corrected chi connectivity index (χ4v) is 0.806. The van der Waals surface area contributed by atoms with E-state index in [0.717, 1.165) is 0 Å². The Kier molecular flexibility index (Phi) is 6.96. The molecule has 0 radical (unpaired) electrons. The van der Waals surface area contributed by atoms with Crippen LogP contribution in [0, 0.1) is 0 Å². The first-order valence-electron chi connectivity index (χ1n) is 4.61. The highest BCUT2D eigenvalue weighted by Gasteiger charge is 2.14. The van der Waals surface area contributed by atoms with Crippen LogP contribution in [0.1, 0.15) is 32.6 Å². The Hall–Kier alpha value is -0.940. The van der Waals surface area contributed by atoms with Crippen LogP contribution in [0.15, 0.2) is 0 Å². The molecule has 0 aromatic carbocycles. The summed E-state index contributed by atoms with van der Waals surface area (Å²) in [5.74, 6) is -1.55. The lowest BCUT2D eigenvalue weighted by Gasteiger charge is -2.04. The Morgan fingerprint density at radius 1 is 1.29 bits per heavy atom. The SMILES string of the molecule is CC(O)C(=O)OC(=O)CCCCCO. The number of carbonyl (C=O) groups excluding carboxylic acids is 2. The Bertz CT molecular complexity index is 188. The first-order chi connectivity index (χ1) is 6.57. The van der Waals surface area contributed by atoms with Crippen molar-refractivity contribution in [2.24, 2.45) is 0 Å².